The highest BCUT2D eigenvalue weighted by Crippen LogP contribution is 2.30. The molecule has 2 aromatic carbocycles. The summed E-state index contributed by atoms with van der Waals surface area (Å²) in [6.45, 7) is 3.37. The number of amides is 1. The minimum atomic E-state index is -3.79. The summed E-state index contributed by atoms with van der Waals surface area (Å²) in [5, 5.41) is 7.16. The standard InChI is InChI=1S/C24H28N4O5S/c1-2-33-22-10-9-20(16-23(22)34(30,31)27-12-14-32-15-13-27)26-24(29)11-8-19-17-25-28(18-19)21-6-4-3-5-7-21/h3-7,9-10,16-18H,2,8,11-15H2,1H3,(H,26,29). The van der Waals surface area contributed by atoms with Crippen molar-refractivity contribution in [1.29, 1.82) is 0 Å². The summed E-state index contributed by atoms with van der Waals surface area (Å²) in [6, 6.07) is 14.4. The van der Waals surface area contributed by atoms with Gasteiger partial charge in [-0.05, 0) is 49.2 Å². The van der Waals surface area contributed by atoms with Crippen LogP contribution in [0.25, 0.3) is 5.69 Å². The summed E-state index contributed by atoms with van der Waals surface area (Å²) in [6.07, 6.45) is 4.38. The summed E-state index contributed by atoms with van der Waals surface area (Å²) in [5.74, 6) is 0.0478. The lowest BCUT2D eigenvalue weighted by Crippen LogP contribution is -2.40. The number of sulfonamides is 1. The average Bonchev–Trinajstić information content (AvgIpc) is 3.34. The zero-order valence-electron chi connectivity index (χ0n) is 19.0. The van der Waals surface area contributed by atoms with Crippen molar-refractivity contribution in [2.24, 2.45) is 0 Å². The van der Waals surface area contributed by atoms with E-state index in [-0.39, 0.29) is 36.1 Å². The first-order valence-corrected chi connectivity index (χ1v) is 12.6. The maximum atomic E-state index is 13.2. The van der Waals surface area contributed by atoms with Gasteiger partial charge in [-0.3, -0.25) is 4.79 Å². The zero-order valence-corrected chi connectivity index (χ0v) is 19.8. The molecule has 0 aliphatic carbocycles. The molecule has 1 aliphatic rings. The summed E-state index contributed by atoms with van der Waals surface area (Å²) < 4.78 is 40.4. The second kappa shape index (κ2) is 10.8. The van der Waals surface area contributed by atoms with Gasteiger partial charge in [-0.1, -0.05) is 18.2 Å². The zero-order chi connectivity index (χ0) is 24.0. The van der Waals surface area contributed by atoms with Crippen molar-refractivity contribution < 1.29 is 22.7 Å². The van der Waals surface area contributed by atoms with E-state index in [1.807, 2.05) is 36.5 Å². The Morgan fingerprint density at radius 2 is 1.91 bits per heavy atom. The first-order chi connectivity index (χ1) is 16.5. The minimum Gasteiger partial charge on any atom is -0.492 e. The van der Waals surface area contributed by atoms with Gasteiger partial charge in [-0.2, -0.15) is 9.40 Å². The molecule has 0 unspecified atom stereocenters. The van der Waals surface area contributed by atoms with E-state index in [0.29, 0.717) is 31.9 Å². The van der Waals surface area contributed by atoms with Crippen LogP contribution in [0.2, 0.25) is 0 Å². The highest BCUT2D eigenvalue weighted by Gasteiger charge is 2.29. The molecule has 0 saturated carbocycles. The van der Waals surface area contributed by atoms with Crippen molar-refractivity contribution in [3.8, 4) is 11.4 Å². The van der Waals surface area contributed by atoms with E-state index in [1.165, 1.54) is 10.4 Å². The molecular formula is C24H28N4O5S. The van der Waals surface area contributed by atoms with E-state index in [1.54, 1.807) is 29.9 Å². The van der Waals surface area contributed by atoms with Crippen LogP contribution in [0.4, 0.5) is 5.69 Å². The molecule has 10 heteroatoms. The van der Waals surface area contributed by atoms with Crippen molar-refractivity contribution >= 4 is 21.6 Å². The summed E-state index contributed by atoms with van der Waals surface area (Å²) in [5.41, 5.74) is 2.28. The third-order valence-corrected chi connectivity index (χ3v) is 7.33. The number of para-hydroxylation sites is 1. The van der Waals surface area contributed by atoms with Crippen LogP contribution in [-0.4, -0.2) is 61.3 Å². The topological polar surface area (TPSA) is 103 Å². The molecule has 1 N–H and O–H groups in total. The van der Waals surface area contributed by atoms with Crippen molar-refractivity contribution in [1.82, 2.24) is 14.1 Å². The Balaban J connectivity index is 1.43. The maximum absolute atomic E-state index is 13.2. The van der Waals surface area contributed by atoms with Crippen LogP contribution in [0.5, 0.6) is 5.75 Å². The van der Waals surface area contributed by atoms with E-state index in [0.717, 1.165) is 11.3 Å². The third kappa shape index (κ3) is 5.64. The van der Waals surface area contributed by atoms with Crippen LogP contribution < -0.4 is 10.1 Å². The molecule has 3 aromatic rings. The third-order valence-electron chi connectivity index (χ3n) is 5.41. The Hall–Kier alpha value is -3.21. The summed E-state index contributed by atoms with van der Waals surface area (Å²) in [7, 11) is -3.79. The number of nitrogens with one attached hydrogen (secondary N) is 1. The van der Waals surface area contributed by atoms with E-state index in [2.05, 4.69) is 10.4 Å². The molecule has 0 bridgehead atoms. The highest BCUT2D eigenvalue weighted by molar-refractivity contribution is 7.89. The van der Waals surface area contributed by atoms with Crippen LogP contribution in [0.15, 0.2) is 65.8 Å². The van der Waals surface area contributed by atoms with Gasteiger partial charge in [0.1, 0.15) is 10.6 Å². The predicted octanol–water partition coefficient (Wildman–Crippen LogP) is 2.86. The number of aromatic nitrogens is 2. The largest absolute Gasteiger partial charge is 0.492 e. The molecule has 1 saturated heterocycles. The molecule has 1 amide bonds. The molecule has 1 aliphatic heterocycles. The van der Waals surface area contributed by atoms with Gasteiger partial charge in [0.25, 0.3) is 0 Å². The highest BCUT2D eigenvalue weighted by atomic mass is 32.2. The Morgan fingerprint density at radius 3 is 2.65 bits per heavy atom. The molecule has 1 fully saturated rings. The molecule has 9 nitrogen and oxygen atoms in total. The second-order valence-corrected chi connectivity index (χ2v) is 9.69. The van der Waals surface area contributed by atoms with Gasteiger partial charge in [-0.15, -0.1) is 0 Å². The molecule has 2 heterocycles. The second-order valence-electron chi connectivity index (χ2n) is 7.79. The van der Waals surface area contributed by atoms with E-state index >= 15 is 0 Å². The Kier molecular flexibility index (Phi) is 7.61. The Morgan fingerprint density at radius 1 is 1.15 bits per heavy atom. The molecule has 1 aromatic heterocycles. The smallest absolute Gasteiger partial charge is 0.246 e. The fourth-order valence-electron chi connectivity index (χ4n) is 3.68. The van der Waals surface area contributed by atoms with Gasteiger partial charge >= 0.3 is 0 Å². The lowest BCUT2D eigenvalue weighted by Gasteiger charge is -2.27. The number of morpholine rings is 1. The van der Waals surface area contributed by atoms with Gasteiger partial charge in [0.15, 0.2) is 0 Å². The minimum absolute atomic E-state index is 0.0400. The van der Waals surface area contributed by atoms with E-state index in [9.17, 15) is 13.2 Å². The molecule has 0 atom stereocenters. The number of aryl methyl sites for hydroxylation is 1. The number of anilines is 1. The molecule has 34 heavy (non-hydrogen) atoms. The molecule has 0 radical (unpaired) electrons. The Labute approximate surface area is 199 Å². The number of carbonyl (C=O) groups is 1. The van der Waals surface area contributed by atoms with Crippen molar-refractivity contribution in [2.45, 2.75) is 24.7 Å². The molecular weight excluding hydrogens is 456 g/mol. The molecule has 4 rings (SSSR count). The number of rotatable bonds is 9. The van der Waals surface area contributed by atoms with Gasteiger partial charge in [0.05, 0.1) is 31.7 Å². The van der Waals surface area contributed by atoms with E-state index < -0.39 is 10.0 Å². The average molecular weight is 485 g/mol. The lowest BCUT2D eigenvalue weighted by atomic mass is 10.2. The predicted molar refractivity (Wildman–Crippen MR) is 128 cm³/mol. The first-order valence-electron chi connectivity index (χ1n) is 11.2. The SMILES string of the molecule is CCOc1ccc(NC(=O)CCc2cnn(-c3ccccc3)c2)cc1S(=O)(=O)N1CCOCC1. The monoisotopic (exact) mass is 484 g/mol. The van der Waals surface area contributed by atoms with Gasteiger partial charge in [0, 0.05) is 31.4 Å². The summed E-state index contributed by atoms with van der Waals surface area (Å²) in [4.78, 5) is 12.6. The molecule has 180 valence electrons. The van der Waals surface area contributed by atoms with Crippen LogP contribution in [-0.2, 0) is 26.0 Å². The molecule has 0 spiro atoms. The van der Waals surface area contributed by atoms with Crippen LogP contribution in [0.3, 0.4) is 0 Å². The number of hydrogen-bond donors (Lipinski definition) is 1. The van der Waals surface area contributed by atoms with E-state index in [4.69, 9.17) is 9.47 Å². The number of hydrogen-bond acceptors (Lipinski definition) is 6. The van der Waals surface area contributed by atoms with Crippen LogP contribution in [0.1, 0.15) is 18.9 Å². The maximum Gasteiger partial charge on any atom is 0.246 e. The van der Waals surface area contributed by atoms with Gasteiger partial charge in [-0.25, -0.2) is 13.1 Å². The van der Waals surface area contributed by atoms with Crippen LogP contribution >= 0.6 is 0 Å². The fourth-order valence-corrected chi connectivity index (χ4v) is 5.25. The normalized spacial score (nSPS) is 14.6. The fraction of sp³-hybridized carbons (Fsp3) is 0.333. The number of carbonyl (C=O) groups excluding carboxylic acids is 1. The van der Waals surface area contributed by atoms with Gasteiger partial charge < -0.3 is 14.8 Å². The lowest BCUT2D eigenvalue weighted by molar-refractivity contribution is -0.116. The van der Waals surface area contributed by atoms with Crippen LogP contribution in [0, 0.1) is 0 Å². The number of ether oxygens (including phenoxy) is 2. The quantitative estimate of drug-likeness (QED) is 0.501. The summed E-state index contributed by atoms with van der Waals surface area (Å²) >= 11 is 0. The van der Waals surface area contributed by atoms with Crippen molar-refractivity contribution in [3.63, 3.8) is 0 Å². The van der Waals surface area contributed by atoms with Crippen molar-refractivity contribution in [3.05, 3.63) is 66.5 Å². The first kappa shape index (κ1) is 23.9. The van der Waals surface area contributed by atoms with Crippen molar-refractivity contribution in [2.75, 3.05) is 38.2 Å². The van der Waals surface area contributed by atoms with Gasteiger partial charge in [0.2, 0.25) is 15.9 Å². The Bertz CT molecular complexity index is 1220. The number of nitrogens with zero attached hydrogens (tertiary/aromatic N) is 3. The number of benzene rings is 2.